The maximum absolute atomic E-state index is 12.3. The van der Waals surface area contributed by atoms with Crippen molar-refractivity contribution in [2.75, 3.05) is 13.1 Å². The third kappa shape index (κ3) is 6.81. The molecule has 160 valence electrons. The van der Waals surface area contributed by atoms with Crippen molar-refractivity contribution >= 4 is 20.0 Å². The topological polar surface area (TPSA) is 118 Å². The van der Waals surface area contributed by atoms with Gasteiger partial charge in [0.1, 0.15) is 0 Å². The third-order valence-corrected chi connectivity index (χ3v) is 8.44. The molecule has 1 aromatic carbocycles. The van der Waals surface area contributed by atoms with Crippen LogP contribution in [0.2, 0.25) is 0 Å². The van der Waals surface area contributed by atoms with Crippen LogP contribution in [0, 0.1) is 5.92 Å². The predicted octanol–water partition coefficient (Wildman–Crippen LogP) is 1.74. The molecule has 0 saturated heterocycles. The minimum Gasteiger partial charge on any atom is -0.316 e. The highest BCUT2D eigenvalue weighted by molar-refractivity contribution is 7.90. The molecule has 28 heavy (non-hydrogen) atoms. The Morgan fingerprint density at radius 2 is 1.57 bits per heavy atom. The van der Waals surface area contributed by atoms with Crippen LogP contribution in [-0.4, -0.2) is 40.7 Å². The lowest BCUT2D eigenvalue weighted by Crippen LogP contribution is -2.46. The van der Waals surface area contributed by atoms with E-state index in [4.69, 9.17) is 5.14 Å². The number of nitrogens with two attached hydrogens (primary N) is 1. The highest BCUT2D eigenvalue weighted by Crippen LogP contribution is 2.25. The van der Waals surface area contributed by atoms with Crippen molar-refractivity contribution in [1.82, 2.24) is 10.0 Å². The number of nitrogens with one attached hydrogen (secondary N) is 2. The summed E-state index contributed by atoms with van der Waals surface area (Å²) < 4.78 is 49.1. The Balaban J connectivity index is 1.68. The first-order valence-corrected chi connectivity index (χ1v) is 12.8. The molecule has 0 radical (unpaired) electrons. The molecule has 0 spiro atoms. The van der Waals surface area contributed by atoms with Crippen LogP contribution in [0.1, 0.15) is 52.0 Å². The number of rotatable bonds is 8. The summed E-state index contributed by atoms with van der Waals surface area (Å²) in [6, 6.07) is 6.68. The molecule has 1 aliphatic rings. The molecule has 0 unspecified atom stereocenters. The SMILES string of the molecule is CC(C)(C)S(=O)(=O)NC1CCC(CNCCc2ccc(S(N)(=O)=O)cc2)CC1. The summed E-state index contributed by atoms with van der Waals surface area (Å²) in [6.07, 6.45) is 4.57. The molecule has 0 atom stereocenters. The molecule has 2 rings (SSSR count). The molecule has 1 fully saturated rings. The summed E-state index contributed by atoms with van der Waals surface area (Å²) in [6.45, 7) is 6.87. The summed E-state index contributed by atoms with van der Waals surface area (Å²) in [5.74, 6) is 0.556. The average molecular weight is 432 g/mol. The molecule has 0 amide bonds. The van der Waals surface area contributed by atoms with Crippen molar-refractivity contribution in [3.05, 3.63) is 29.8 Å². The fraction of sp³-hybridized carbons (Fsp3) is 0.684. The van der Waals surface area contributed by atoms with E-state index >= 15 is 0 Å². The van der Waals surface area contributed by atoms with Crippen molar-refractivity contribution in [3.63, 3.8) is 0 Å². The summed E-state index contributed by atoms with van der Waals surface area (Å²) in [4.78, 5) is 0.128. The van der Waals surface area contributed by atoms with Gasteiger partial charge in [-0.1, -0.05) is 12.1 Å². The molecule has 1 aliphatic carbocycles. The zero-order chi connectivity index (χ0) is 21.0. The standard InChI is InChI=1S/C19H33N3O4S2/c1-19(2,3)28(25,26)22-17-8-4-16(5-9-17)14-21-13-12-15-6-10-18(11-7-15)27(20,23)24/h6-7,10-11,16-17,21-22H,4-5,8-9,12-14H2,1-3H3,(H2,20,23,24). The Labute approximate surface area is 169 Å². The first-order valence-electron chi connectivity index (χ1n) is 9.73. The Bertz CT molecular complexity index is 836. The van der Waals surface area contributed by atoms with E-state index in [0.29, 0.717) is 5.92 Å². The second kappa shape index (κ2) is 9.21. The van der Waals surface area contributed by atoms with Crippen LogP contribution in [0.25, 0.3) is 0 Å². The molecule has 0 heterocycles. The minimum atomic E-state index is -3.64. The maximum Gasteiger partial charge on any atom is 0.238 e. The fourth-order valence-electron chi connectivity index (χ4n) is 3.27. The molecule has 0 bridgehead atoms. The number of primary sulfonamides is 1. The van der Waals surface area contributed by atoms with Crippen LogP contribution in [0.5, 0.6) is 0 Å². The Morgan fingerprint density at radius 1 is 1.00 bits per heavy atom. The van der Waals surface area contributed by atoms with E-state index in [1.807, 2.05) is 0 Å². The molecular weight excluding hydrogens is 398 g/mol. The number of sulfonamides is 2. The Morgan fingerprint density at radius 3 is 2.07 bits per heavy atom. The van der Waals surface area contributed by atoms with Gasteiger partial charge in [-0.3, -0.25) is 0 Å². The van der Waals surface area contributed by atoms with Gasteiger partial charge in [0.2, 0.25) is 20.0 Å². The lowest BCUT2D eigenvalue weighted by atomic mass is 9.86. The van der Waals surface area contributed by atoms with E-state index in [9.17, 15) is 16.8 Å². The first kappa shape index (κ1) is 23.3. The molecule has 1 aromatic rings. The zero-order valence-electron chi connectivity index (χ0n) is 16.9. The average Bonchev–Trinajstić information content (AvgIpc) is 2.58. The van der Waals surface area contributed by atoms with Gasteiger partial charge in [-0.15, -0.1) is 0 Å². The van der Waals surface area contributed by atoms with E-state index in [2.05, 4.69) is 10.0 Å². The van der Waals surface area contributed by atoms with Crippen molar-refractivity contribution in [2.24, 2.45) is 11.1 Å². The van der Waals surface area contributed by atoms with Gasteiger partial charge in [-0.05, 0) is 89.6 Å². The van der Waals surface area contributed by atoms with Crippen LogP contribution in [0.15, 0.2) is 29.2 Å². The zero-order valence-corrected chi connectivity index (χ0v) is 18.6. The van der Waals surface area contributed by atoms with Gasteiger partial charge in [-0.2, -0.15) is 0 Å². The summed E-state index contributed by atoms with van der Waals surface area (Å²) in [5, 5.41) is 8.55. The molecule has 1 saturated carbocycles. The minimum absolute atomic E-state index is 0.0396. The van der Waals surface area contributed by atoms with E-state index in [1.54, 1.807) is 32.9 Å². The number of benzene rings is 1. The Kier molecular flexibility index (Phi) is 7.66. The normalized spacial score (nSPS) is 21.6. The lowest BCUT2D eigenvalue weighted by Gasteiger charge is -2.31. The van der Waals surface area contributed by atoms with Crippen molar-refractivity contribution in [1.29, 1.82) is 0 Å². The second-order valence-electron chi connectivity index (χ2n) is 8.59. The van der Waals surface area contributed by atoms with E-state index in [1.165, 1.54) is 12.1 Å². The van der Waals surface area contributed by atoms with Gasteiger partial charge in [0, 0.05) is 6.04 Å². The molecular formula is C19H33N3O4S2. The largest absolute Gasteiger partial charge is 0.316 e. The van der Waals surface area contributed by atoms with E-state index in [0.717, 1.165) is 50.8 Å². The van der Waals surface area contributed by atoms with Crippen LogP contribution >= 0.6 is 0 Å². The molecule has 7 nitrogen and oxygen atoms in total. The van der Waals surface area contributed by atoms with Gasteiger partial charge < -0.3 is 5.32 Å². The Hall–Kier alpha value is -1.00. The van der Waals surface area contributed by atoms with Crippen molar-refractivity contribution in [2.45, 2.75) is 68.6 Å². The van der Waals surface area contributed by atoms with Gasteiger partial charge in [0.25, 0.3) is 0 Å². The number of hydrogen-bond donors (Lipinski definition) is 3. The molecule has 0 aliphatic heterocycles. The number of hydrogen-bond acceptors (Lipinski definition) is 5. The highest BCUT2D eigenvalue weighted by Gasteiger charge is 2.32. The van der Waals surface area contributed by atoms with Crippen LogP contribution in [0.4, 0.5) is 0 Å². The maximum atomic E-state index is 12.3. The summed E-state index contributed by atoms with van der Waals surface area (Å²) in [5.41, 5.74) is 1.06. The first-order chi connectivity index (χ1) is 12.9. The predicted molar refractivity (Wildman–Crippen MR) is 112 cm³/mol. The summed E-state index contributed by atoms with van der Waals surface area (Å²) >= 11 is 0. The van der Waals surface area contributed by atoms with Crippen molar-refractivity contribution in [3.8, 4) is 0 Å². The van der Waals surface area contributed by atoms with Crippen LogP contribution in [-0.2, 0) is 26.5 Å². The molecule has 4 N–H and O–H groups in total. The highest BCUT2D eigenvalue weighted by atomic mass is 32.2. The molecule has 0 aromatic heterocycles. The molecule has 9 heteroatoms. The van der Waals surface area contributed by atoms with Gasteiger partial charge in [-0.25, -0.2) is 26.7 Å². The lowest BCUT2D eigenvalue weighted by molar-refractivity contribution is 0.302. The fourth-order valence-corrected chi connectivity index (χ4v) is 4.81. The monoisotopic (exact) mass is 431 g/mol. The smallest absolute Gasteiger partial charge is 0.238 e. The summed E-state index contributed by atoms with van der Waals surface area (Å²) in [7, 11) is -6.93. The van der Waals surface area contributed by atoms with Gasteiger partial charge in [0.05, 0.1) is 9.64 Å². The third-order valence-electron chi connectivity index (χ3n) is 5.25. The van der Waals surface area contributed by atoms with Gasteiger partial charge >= 0.3 is 0 Å². The van der Waals surface area contributed by atoms with Gasteiger partial charge in [0.15, 0.2) is 0 Å². The van der Waals surface area contributed by atoms with Crippen LogP contribution in [0.3, 0.4) is 0 Å². The quantitative estimate of drug-likeness (QED) is 0.542. The van der Waals surface area contributed by atoms with Crippen LogP contribution < -0.4 is 15.2 Å². The van der Waals surface area contributed by atoms with E-state index < -0.39 is 24.8 Å². The second-order valence-corrected chi connectivity index (χ2v) is 12.6. The van der Waals surface area contributed by atoms with Crippen molar-refractivity contribution < 1.29 is 16.8 Å². The van der Waals surface area contributed by atoms with E-state index in [-0.39, 0.29) is 10.9 Å².